The lowest BCUT2D eigenvalue weighted by atomic mass is 10.1. The third-order valence-corrected chi connectivity index (χ3v) is 3.74. The SMILES string of the molecule is CCCCN(C(=O)c1cccc(CCN)c1)C(C)CC. The molecular weight excluding hydrogens is 248 g/mol. The van der Waals surface area contributed by atoms with Crippen LogP contribution in [0.25, 0.3) is 0 Å². The monoisotopic (exact) mass is 276 g/mol. The van der Waals surface area contributed by atoms with Gasteiger partial charge in [-0.1, -0.05) is 32.4 Å². The number of hydrogen-bond acceptors (Lipinski definition) is 2. The van der Waals surface area contributed by atoms with Gasteiger partial charge in [0.15, 0.2) is 0 Å². The summed E-state index contributed by atoms with van der Waals surface area (Å²) in [4.78, 5) is 14.7. The van der Waals surface area contributed by atoms with Gasteiger partial charge in [-0.2, -0.15) is 0 Å². The summed E-state index contributed by atoms with van der Waals surface area (Å²) in [7, 11) is 0. The summed E-state index contributed by atoms with van der Waals surface area (Å²) < 4.78 is 0. The maximum atomic E-state index is 12.7. The molecule has 1 rings (SSSR count). The lowest BCUT2D eigenvalue weighted by Gasteiger charge is -2.29. The second kappa shape index (κ2) is 8.75. The van der Waals surface area contributed by atoms with E-state index in [2.05, 4.69) is 20.8 Å². The van der Waals surface area contributed by atoms with Crippen molar-refractivity contribution in [2.45, 2.75) is 52.5 Å². The number of nitrogens with two attached hydrogens (primary N) is 1. The molecule has 1 atom stereocenters. The summed E-state index contributed by atoms with van der Waals surface area (Å²) in [5.74, 6) is 0.145. The Morgan fingerprint density at radius 1 is 1.35 bits per heavy atom. The van der Waals surface area contributed by atoms with Crippen LogP contribution in [0.4, 0.5) is 0 Å². The molecule has 0 heterocycles. The van der Waals surface area contributed by atoms with E-state index in [0.29, 0.717) is 6.54 Å². The lowest BCUT2D eigenvalue weighted by molar-refractivity contribution is 0.0685. The van der Waals surface area contributed by atoms with Crippen LogP contribution in [0.5, 0.6) is 0 Å². The fraction of sp³-hybridized carbons (Fsp3) is 0.588. The molecule has 1 aromatic rings. The van der Waals surface area contributed by atoms with E-state index >= 15 is 0 Å². The molecule has 1 aromatic carbocycles. The molecule has 0 saturated heterocycles. The highest BCUT2D eigenvalue weighted by atomic mass is 16.2. The largest absolute Gasteiger partial charge is 0.336 e. The Morgan fingerprint density at radius 2 is 2.10 bits per heavy atom. The van der Waals surface area contributed by atoms with Crippen molar-refractivity contribution in [3.8, 4) is 0 Å². The smallest absolute Gasteiger partial charge is 0.254 e. The van der Waals surface area contributed by atoms with Crippen molar-refractivity contribution in [1.29, 1.82) is 0 Å². The standard InChI is InChI=1S/C17H28N2O/c1-4-6-12-19(14(3)5-2)17(20)16-9-7-8-15(13-16)10-11-18/h7-9,13-14H,4-6,10-12,18H2,1-3H3. The first-order chi connectivity index (χ1) is 9.63. The minimum Gasteiger partial charge on any atom is -0.336 e. The highest BCUT2D eigenvalue weighted by Crippen LogP contribution is 2.14. The maximum Gasteiger partial charge on any atom is 0.254 e. The molecule has 0 spiro atoms. The van der Waals surface area contributed by atoms with Gasteiger partial charge in [0.25, 0.3) is 5.91 Å². The Bertz CT molecular complexity index is 417. The molecule has 0 bridgehead atoms. The van der Waals surface area contributed by atoms with Crippen LogP contribution in [0.3, 0.4) is 0 Å². The van der Waals surface area contributed by atoms with Crippen molar-refractivity contribution in [2.75, 3.05) is 13.1 Å². The van der Waals surface area contributed by atoms with Crippen LogP contribution in [0.1, 0.15) is 56.0 Å². The van der Waals surface area contributed by atoms with Gasteiger partial charge in [0.1, 0.15) is 0 Å². The van der Waals surface area contributed by atoms with Gasteiger partial charge in [0.05, 0.1) is 0 Å². The molecule has 0 aliphatic rings. The summed E-state index contributed by atoms with van der Waals surface area (Å²) in [5.41, 5.74) is 7.51. The predicted octanol–water partition coefficient (Wildman–Crippen LogP) is 3.23. The molecule has 0 radical (unpaired) electrons. The molecule has 1 amide bonds. The number of nitrogens with zero attached hydrogens (tertiary/aromatic N) is 1. The lowest BCUT2D eigenvalue weighted by Crippen LogP contribution is -2.39. The quantitative estimate of drug-likeness (QED) is 0.792. The summed E-state index contributed by atoms with van der Waals surface area (Å²) >= 11 is 0. The maximum absolute atomic E-state index is 12.7. The molecule has 3 nitrogen and oxygen atoms in total. The van der Waals surface area contributed by atoms with E-state index in [1.807, 2.05) is 29.2 Å². The van der Waals surface area contributed by atoms with Crippen molar-refractivity contribution >= 4 is 5.91 Å². The highest BCUT2D eigenvalue weighted by molar-refractivity contribution is 5.94. The minimum absolute atomic E-state index is 0.145. The van der Waals surface area contributed by atoms with Gasteiger partial charge < -0.3 is 10.6 Å². The number of hydrogen-bond donors (Lipinski definition) is 1. The third kappa shape index (κ3) is 4.64. The van der Waals surface area contributed by atoms with E-state index in [1.54, 1.807) is 0 Å². The molecular formula is C17H28N2O. The average Bonchev–Trinajstić information content (AvgIpc) is 2.47. The van der Waals surface area contributed by atoms with Crippen molar-refractivity contribution in [1.82, 2.24) is 4.90 Å². The Morgan fingerprint density at radius 3 is 2.70 bits per heavy atom. The number of benzene rings is 1. The van der Waals surface area contributed by atoms with Gasteiger partial charge in [-0.3, -0.25) is 4.79 Å². The van der Waals surface area contributed by atoms with Crippen LogP contribution >= 0.6 is 0 Å². The summed E-state index contributed by atoms with van der Waals surface area (Å²) in [6, 6.07) is 8.16. The van der Waals surface area contributed by atoms with Crippen molar-refractivity contribution in [2.24, 2.45) is 5.73 Å². The van der Waals surface area contributed by atoms with Crippen molar-refractivity contribution in [3.63, 3.8) is 0 Å². The topological polar surface area (TPSA) is 46.3 Å². The number of carbonyl (C=O) groups is 1. The van der Waals surface area contributed by atoms with Gasteiger partial charge in [-0.05, 0) is 50.4 Å². The van der Waals surface area contributed by atoms with E-state index in [4.69, 9.17) is 5.73 Å². The number of unbranched alkanes of at least 4 members (excludes halogenated alkanes) is 1. The third-order valence-electron chi connectivity index (χ3n) is 3.74. The molecule has 112 valence electrons. The van der Waals surface area contributed by atoms with Gasteiger partial charge in [-0.25, -0.2) is 0 Å². The number of amides is 1. The van der Waals surface area contributed by atoms with Crippen molar-refractivity contribution in [3.05, 3.63) is 35.4 Å². The second-order valence-electron chi connectivity index (χ2n) is 5.35. The molecule has 1 unspecified atom stereocenters. The zero-order valence-electron chi connectivity index (χ0n) is 13.1. The molecule has 0 fully saturated rings. The Labute approximate surface area is 123 Å². The van der Waals surface area contributed by atoms with Crippen LogP contribution < -0.4 is 5.73 Å². The van der Waals surface area contributed by atoms with E-state index in [9.17, 15) is 4.79 Å². The average molecular weight is 276 g/mol. The molecule has 0 aliphatic carbocycles. The fourth-order valence-corrected chi connectivity index (χ4v) is 2.26. The minimum atomic E-state index is 0.145. The summed E-state index contributed by atoms with van der Waals surface area (Å²) in [5, 5.41) is 0. The first-order valence-corrected chi connectivity index (χ1v) is 7.74. The summed E-state index contributed by atoms with van der Waals surface area (Å²) in [6.45, 7) is 7.86. The van der Waals surface area contributed by atoms with Gasteiger partial charge in [-0.15, -0.1) is 0 Å². The zero-order valence-corrected chi connectivity index (χ0v) is 13.1. The highest BCUT2D eigenvalue weighted by Gasteiger charge is 2.19. The molecule has 3 heteroatoms. The normalized spacial score (nSPS) is 12.2. The van der Waals surface area contributed by atoms with Crippen LogP contribution in [-0.4, -0.2) is 29.9 Å². The first kappa shape index (κ1) is 16.7. The summed E-state index contributed by atoms with van der Waals surface area (Å²) in [6.07, 6.45) is 3.96. The van der Waals surface area contributed by atoms with Crippen LogP contribution in [0.2, 0.25) is 0 Å². The first-order valence-electron chi connectivity index (χ1n) is 7.74. The van der Waals surface area contributed by atoms with Crippen molar-refractivity contribution < 1.29 is 4.79 Å². The van der Waals surface area contributed by atoms with E-state index < -0.39 is 0 Å². The van der Waals surface area contributed by atoms with E-state index in [1.165, 1.54) is 0 Å². The van der Waals surface area contributed by atoms with Gasteiger partial charge in [0, 0.05) is 18.2 Å². The van der Waals surface area contributed by atoms with Crippen LogP contribution in [0.15, 0.2) is 24.3 Å². The molecule has 0 saturated carbocycles. The van der Waals surface area contributed by atoms with Crippen LogP contribution in [0, 0.1) is 0 Å². The van der Waals surface area contributed by atoms with Gasteiger partial charge >= 0.3 is 0 Å². The Hall–Kier alpha value is -1.35. The zero-order chi connectivity index (χ0) is 15.0. The fourth-order valence-electron chi connectivity index (χ4n) is 2.26. The molecule has 2 N–H and O–H groups in total. The molecule has 20 heavy (non-hydrogen) atoms. The van der Waals surface area contributed by atoms with E-state index in [0.717, 1.165) is 43.4 Å². The number of carbonyl (C=O) groups excluding carboxylic acids is 1. The molecule has 0 aromatic heterocycles. The van der Waals surface area contributed by atoms with Gasteiger partial charge in [0.2, 0.25) is 0 Å². The van der Waals surface area contributed by atoms with Crippen LogP contribution in [-0.2, 0) is 6.42 Å². The predicted molar refractivity (Wildman–Crippen MR) is 84.9 cm³/mol. The second-order valence-corrected chi connectivity index (χ2v) is 5.35. The Kier molecular flexibility index (Phi) is 7.31. The molecule has 0 aliphatic heterocycles. The Balaban J connectivity index is 2.89. The number of rotatable bonds is 8. The van der Waals surface area contributed by atoms with E-state index in [-0.39, 0.29) is 11.9 Å².